The van der Waals surface area contributed by atoms with E-state index in [4.69, 9.17) is 0 Å². The van der Waals surface area contributed by atoms with E-state index in [2.05, 4.69) is 27.9 Å². The first-order valence-corrected chi connectivity index (χ1v) is 7.15. The van der Waals surface area contributed by atoms with Crippen LogP contribution in [0.4, 0.5) is 11.5 Å². The zero-order chi connectivity index (χ0) is 15.0. The number of hydrogen-bond acceptors (Lipinski definition) is 4. The summed E-state index contributed by atoms with van der Waals surface area (Å²) in [5, 5.41) is 15.2. The first-order valence-electron chi connectivity index (χ1n) is 6.70. The Morgan fingerprint density at radius 2 is 2.00 bits per heavy atom. The first-order chi connectivity index (χ1) is 9.91. The maximum Gasteiger partial charge on any atom is 0.130 e. The molecule has 0 aliphatic heterocycles. The zero-order valence-electron chi connectivity index (χ0n) is 11.9. The van der Waals surface area contributed by atoms with Crippen molar-refractivity contribution in [3.05, 3.63) is 48.2 Å². The van der Waals surface area contributed by atoms with Crippen molar-refractivity contribution in [1.29, 1.82) is 0 Å². The SMILES string of the molecule is CC(C)(O)c1cccc(Nc2ccc3[nH]c(S)cc3c2)n1. The Labute approximate surface area is 128 Å². The highest BCUT2D eigenvalue weighted by Gasteiger charge is 2.17. The van der Waals surface area contributed by atoms with Gasteiger partial charge in [-0.15, -0.1) is 12.6 Å². The number of rotatable bonds is 3. The van der Waals surface area contributed by atoms with Gasteiger partial charge < -0.3 is 15.4 Å². The molecular weight excluding hydrogens is 282 g/mol. The van der Waals surface area contributed by atoms with Gasteiger partial charge in [0.25, 0.3) is 0 Å². The van der Waals surface area contributed by atoms with E-state index in [1.54, 1.807) is 13.8 Å². The van der Waals surface area contributed by atoms with Crippen molar-refractivity contribution in [2.45, 2.75) is 24.5 Å². The zero-order valence-corrected chi connectivity index (χ0v) is 12.8. The predicted octanol–water partition coefficient (Wildman–Crippen LogP) is 3.82. The van der Waals surface area contributed by atoms with Crippen LogP contribution in [0, 0.1) is 0 Å². The van der Waals surface area contributed by atoms with Crippen molar-refractivity contribution in [2.24, 2.45) is 0 Å². The van der Waals surface area contributed by atoms with E-state index in [9.17, 15) is 5.11 Å². The van der Waals surface area contributed by atoms with Gasteiger partial charge in [0.05, 0.1) is 10.7 Å². The molecule has 0 atom stereocenters. The minimum Gasteiger partial charge on any atom is -0.384 e. The fraction of sp³-hybridized carbons (Fsp3) is 0.188. The van der Waals surface area contributed by atoms with E-state index in [1.165, 1.54) is 0 Å². The molecule has 0 radical (unpaired) electrons. The summed E-state index contributed by atoms with van der Waals surface area (Å²) in [7, 11) is 0. The summed E-state index contributed by atoms with van der Waals surface area (Å²) >= 11 is 4.31. The van der Waals surface area contributed by atoms with Crippen LogP contribution in [0.1, 0.15) is 19.5 Å². The molecule has 21 heavy (non-hydrogen) atoms. The van der Waals surface area contributed by atoms with Crippen molar-refractivity contribution >= 4 is 35.0 Å². The number of anilines is 2. The molecule has 0 bridgehead atoms. The molecule has 0 saturated heterocycles. The lowest BCUT2D eigenvalue weighted by Gasteiger charge is -2.17. The number of aliphatic hydroxyl groups is 1. The number of hydrogen-bond donors (Lipinski definition) is 4. The van der Waals surface area contributed by atoms with Crippen molar-refractivity contribution in [3.63, 3.8) is 0 Å². The number of fused-ring (bicyclic) bond motifs is 1. The number of aromatic amines is 1. The smallest absolute Gasteiger partial charge is 0.130 e. The number of aromatic nitrogens is 2. The summed E-state index contributed by atoms with van der Waals surface area (Å²) < 4.78 is 0. The molecule has 3 N–H and O–H groups in total. The molecule has 0 aliphatic rings. The molecule has 0 saturated carbocycles. The maximum absolute atomic E-state index is 10.0. The maximum atomic E-state index is 10.0. The fourth-order valence-electron chi connectivity index (χ4n) is 2.19. The third kappa shape index (κ3) is 3.04. The summed E-state index contributed by atoms with van der Waals surface area (Å²) in [5.74, 6) is 0.704. The van der Waals surface area contributed by atoms with Crippen LogP contribution in [0.15, 0.2) is 47.5 Å². The Bertz CT molecular complexity index is 790. The second kappa shape index (κ2) is 5.09. The van der Waals surface area contributed by atoms with Crippen LogP contribution in [0.3, 0.4) is 0 Å². The largest absolute Gasteiger partial charge is 0.384 e. The van der Waals surface area contributed by atoms with Gasteiger partial charge in [-0.3, -0.25) is 0 Å². The van der Waals surface area contributed by atoms with Gasteiger partial charge in [0.15, 0.2) is 0 Å². The van der Waals surface area contributed by atoms with Crippen LogP contribution in [0.5, 0.6) is 0 Å². The van der Waals surface area contributed by atoms with E-state index in [0.717, 1.165) is 21.6 Å². The molecule has 0 spiro atoms. The molecule has 3 rings (SSSR count). The topological polar surface area (TPSA) is 60.9 Å². The Hall–Kier alpha value is -1.98. The average molecular weight is 299 g/mol. The molecule has 108 valence electrons. The highest BCUT2D eigenvalue weighted by atomic mass is 32.1. The van der Waals surface area contributed by atoms with E-state index in [1.807, 2.05) is 42.5 Å². The molecular formula is C16H17N3OS. The Kier molecular flexibility index (Phi) is 3.39. The molecule has 3 aromatic rings. The normalized spacial score (nSPS) is 11.8. The molecule has 0 aliphatic carbocycles. The van der Waals surface area contributed by atoms with Crippen molar-refractivity contribution in [1.82, 2.24) is 9.97 Å². The number of nitrogens with zero attached hydrogens (tertiary/aromatic N) is 1. The number of benzene rings is 1. The Morgan fingerprint density at radius 1 is 1.19 bits per heavy atom. The first kappa shape index (κ1) is 14.0. The third-order valence-electron chi connectivity index (χ3n) is 3.25. The highest BCUT2D eigenvalue weighted by molar-refractivity contribution is 7.80. The van der Waals surface area contributed by atoms with Crippen LogP contribution < -0.4 is 5.32 Å². The Balaban J connectivity index is 1.91. The quantitative estimate of drug-likeness (QED) is 0.556. The summed E-state index contributed by atoms with van der Waals surface area (Å²) in [6, 6.07) is 13.5. The molecule has 2 aromatic heterocycles. The number of H-pyrrole nitrogens is 1. The number of pyridine rings is 1. The van der Waals surface area contributed by atoms with Gasteiger partial charge in [0.1, 0.15) is 11.4 Å². The van der Waals surface area contributed by atoms with Crippen LogP contribution in [0.25, 0.3) is 10.9 Å². The summed E-state index contributed by atoms with van der Waals surface area (Å²) in [6.07, 6.45) is 0. The summed E-state index contributed by atoms with van der Waals surface area (Å²) in [4.78, 5) is 7.61. The molecule has 0 unspecified atom stereocenters. The van der Waals surface area contributed by atoms with Gasteiger partial charge in [-0.25, -0.2) is 4.98 Å². The minimum atomic E-state index is -0.955. The van der Waals surface area contributed by atoms with Crippen LogP contribution in [-0.2, 0) is 5.60 Å². The van der Waals surface area contributed by atoms with Crippen LogP contribution in [0.2, 0.25) is 0 Å². The molecule has 4 nitrogen and oxygen atoms in total. The molecule has 1 aromatic carbocycles. The number of nitrogens with one attached hydrogen (secondary N) is 2. The van der Waals surface area contributed by atoms with E-state index in [-0.39, 0.29) is 0 Å². The van der Waals surface area contributed by atoms with Gasteiger partial charge >= 0.3 is 0 Å². The summed E-state index contributed by atoms with van der Waals surface area (Å²) in [6.45, 7) is 3.44. The molecule has 0 amide bonds. The predicted molar refractivity (Wildman–Crippen MR) is 88.3 cm³/mol. The van der Waals surface area contributed by atoms with E-state index >= 15 is 0 Å². The molecule has 0 fully saturated rings. The lowest BCUT2D eigenvalue weighted by molar-refractivity contribution is 0.0740. The van der Waals surface area contributed by atoms with Gasteiger partial charge in [0, 0.05) is 16.6 Å². The Morgan fingerprint density at radius 3 is 2.76 bits per heavy atom. The van der Waals surface area contributed by atoms with E-state index < -0.39 is 5.60 Å². The fourth-order valence-corrected chi connectivity index (χ4v) is 2.45. The van der Waals surface area contributed by atoms with Crippen molar-refractivity contribution < 1.29 is 5.11 Å². The van der Waals surface area contributed by atoms with Gasteiger partial charge in [-0.2, -0.15) is 0 Å². The third-order valence-corrected chi connectivity index (χ3v) is 3.50. The lowest BCUT2D eigenvalue weighted by atomic mass is 10.1. The monoisotopic (exact) mass is 299 g/mol. The summed E-state index contributed by atoms with van der Waals surface area (Å²) in [5.41, 5.74) is 1.66. The van der Waals surface area contributed by atoms with Gasteiger partial charge in [0.2, 0.25) is 0 Å². The van der Waals surface area contributed by atoms with Crippen LogP contribution >= 0.6 is 12.6 Å². The second-order valence-corrected chi connectivity index (χ2v) is 6.03. The van der Waals surface area contributed by atoms with Crippen molar-refractivity contribution in [2.75, 3.05) is 5.32 Å². The average Bonchev–Trinajstić information content (AvgIpc) is 2.77. The second-order valence-electron chi connectivity index (χ2n) is 5.55. The molecule has 2 heterocycles. The number of thiol groups is 1. The van der Waals surface area contributed by atoms with E-state index in [0.29, 0.717) is 11.5 Å². The standard InChI is InChI=1S/C16H17N3OS/c1-16(2,20)13-4-3-5-14(19-13)17-11-6-7-12-10(8-11)9-15(21)18-12/h3-9,18,20-21H,1-2H3,(H,17,19). The van der Waals surface area contributed by atoms with Gasteiger partial charge in [-0.05, 0) is 50.2 Å². The minimum absolute atomic E-state index is 0.632. The lowest BCUT2D eigenvalue weighted by Crippen LogP contribution is -2.17. The van der Waals surface area contributed by atoms with Crippen molar-refractivity contribution in [3.8, 4) is 0 Å². The van der Waals surface area contributed by atoms with Gasteiger partial charge in [-0.1, -0.05) is 6.07 Å². The molecule has 5 heteroatoms. The highest BCUT2D eigenvalue weighted by Crippen LogP contribution is 2.25. The van der Waals surface area contributed by atoms with Crippen LogP contribution in [-0.4, -0.2) is 15.1 Å².